The molecule has 152 valence electrons. The first-order valence-electron chi connectivity index (χ1n) is 9.06. The standard InChI is InChI=1S/C22H18FN3O4/c1-12-20-16(21(27)24-18-10-15(28-2)8-9-19(18)29-3)11-17(25-22(20)30-26-12)13-4-6-14(23)7-5-13/h4-11H,1-3H3,(H,24,27). The largest absolute Gasteiger partial charge is 0.497 e. The Labute approximate surface area is 171 Å². The summed E-state index contributed by atoms with van der Waals surface area (Å²) in [7, 11) is 3.05. The van der Waals surface area contributed by atoms with Gasteiger partial charge in [-0.3, -0.25) is 4.79 Å². The van der Waals surface area contributed by atoms with Gasteiger partial charge in [-0.1, -0.05) is 5.16 Å². The molecule has 0 aliphatic carbocycles. The fourth-order valence-electron chi connectivity index (χ4n) is 3.14. The van der Waals surface area contributed by atoms with Crippen LogP contribution in [0.4, 0.5) is 10.1 Å². The quantitative estimate of drug-likeness (QED) is 0.520. The third-order valence-corrected chi connectivity index (χ3v) is 4.66. The van der Waals surface area contributed by atoms with Gasteiger partial charge in [0, 0.05) is 11.6 Å². The molecule has 2 aromatic carbocycles. The van der Waals surface area contributed by atoms with Gasteiger partial charge in [-0.15, -0.1) is 0 Å². The lowest BCUT2D eigenvalue weighted by Crippen LogP contribution is -2.14. The van der Waals surface area contributed by atoms with Crippen LogP contribution in [-0.4, -0.2) is 30.3 Å². The van der Waals surface area contributed by atoms with Crippen LogP contribution in [0.2, 0.25) is 0 Å². The number of benzene rings is 2. The maximum Gasteiger partial charge on any atom is 0.259 e. The highest BCUT2D eigenvalue weighted by Crippen LogP contribution is 2.31. The van der Waals surface area contributed by atoms with Crippen LogP contribution in [0, 0.1) is 12.7 Å². The van der Waals surface area contributed by atoms with E-state index in [1.807, 2.05) is 0 Å². The van der Waals surface area contributed by atoms with Crippen molar-refractivity contribution >= 4 is 22.7 Å². The van der Waals surface area contributed by atoms with E-state index in [-0.39, 0.29) is 11.5 Å². The van der Waals surface area contributed by atoms with Crippen LogP contribution in [0.25, 0.3) is 22.4 Å². The molecule has 0 saturated carbocycles. The second kappa shape index (κ2) is 7.82. The van der Waals surface area contributed by atoms with E-state index in [1.54, 1.807) is 43.3 Å². The Bertz CT molecular complexity index is 1240. The van der Waals surface area contributed by atoms with E-state index < -0.39 is 5.91 Å². The summed E-state index contributed by atoms with van der Waals surface area (Å²) in [5.74, 6) is 0.288. The number of ether oxygens (including phenoxy) is 2. The predicted octanol–water partition coefficient (Wildman–Crippen LogP) is 4.61. The summed E-state index contributed by atoms with van der Waals surface area (Å²) in [5, 5.41) is 7.28. The van der Waals surface area contributed by atoms with Gasteiger partial charge in [-0.2, -0.15) is 0 Å². The fraction of sp³-hybridized carbons (Fsp3) is 0.136. The normalized spacial score (nSPS) is 10.8. The molecule has 0 bridgehead atoms. The van der Waals surface area contributed by atoms with Gasteiger partial charge in [-0.25, -0.2) is 9.37 Å². The molecule has 0 saturated heterocycles. The highest BCUT2D eigenvalue weighted by Gasteiger charge is 2.20. The van der Waals surface area contributed by atoms with Crippen molar-refractivity contribution in [2.75, 3.05) is 19.5 Å². The summed E-state index contributed by atoms with van der Waals surface area (Å²) in [6.07, 6.45) is 0. The van der Waals surface area contributed by atoms with Gasteiger partial charge in [0.15, 0.2) is 0 Å². The molecule has 7 nitrogen and oxygen atoms in total. The van der Waals surface area contributed by atoms with Crippen LogP contribution in [0.1, 0.15) is 16.1 Å². The number of nitrogens with zero attached hydrogens (tertiary/aromatic N) is 2. The number of aromatic nitrogens is 2. The number of halogens is 1. The van der Waals surface area contributed by atoms with E-state index in [1.165, 1.54) is 26.4 Å². The SMILES string of the molecule is COc1ccc(OC)c(NC(=O)c2cc(-c3ccc(F)cc3)nc3onc(C)c23)c1. The molecule has 0 aliphatic heterocycles. The molecular formula is C22H18FN3O4. The van der Waals surface area contributed by atoms with E-state index in [9.17, 15) is 9.18 Å². The Morgan fingerprint density at radius 2 is 1.83 bits per heavy atom. The second-order valence-corrected chi connectivity index (χ2v) is 6.53. The molecule has 0 spiro atoms. The first-order valence-corrected chi connectivity index (χ1v) is 9.06. The van der Waals surface area contributed by atoms with Crippen molar-refractivity contribution in [3.63, 3.8) is 0 Å². The zero-order valence-electron chi connectivity index (χ0n) is 16.5. The summed E-state index contributed by atoms with van der Waals surface area (Å²) in [4.78, 5) is 17.6. The average Bonchev–Trinajstić information content (AvgIpc) is 3.14. The van der Waals surface area contributed by atoms with Gasteiger partial charge in [0.05, 0.1) is 42.2 Å². The first kappa shape index (κ1) is 19.4. The predicted molar refractivity (Wildman–Crippen MR) is 109 cm³/mol. The van der Waals surface area contributed by atoms with Crippen LogP contribution < -0.4 is 14.8 Å². The number of rotatable bonds is 5. The monoisotopic (exact) mass is 407 g/mol. The molecule has 30 heavy (non-hydrogen) atoms. The fourth-order valence-corrected chi connectivity index (χ4v) is 3.14. The van der Waals surface area contributed by atoms with E-state index in [4.69, 9.17) is 14.0 Å². The Kier molecular flexibility index (Phi) is 5.05. The van der Waals surface area contributed by atoms with Crippen LogP contribution in [0.5, 0.6) is 11.5 Å². The lowest BCUT2D eigenvalue weighted by Gasteiger charge is -2.13. The van der Waals surface area contributed by atoms with E-state index >= 15 is 0 Å². The average molecular weight is 407 g/mol. The van der Waals surface area contributed by atoms with Crippen LogP contribution in [0.3, 0.4) is 0 Å². The van der Waals surface area contributed by atoms with Gasteiger partial charge in [0.2, 0.25) is 0 Å². The summed E-state index contributed by atoms with van der Waals surface area (Å²) in [5.41, 5.74) is 2.62. The molecular weight excluding hydrogens is 389 g/mol. The van der Waals surface area contributed by atoms with Gasteiger partial charge in [0.1, 0.15) is 17.3 Å². The Hall–Kier alpha value is -3.94. The van der Waals surface area contributed by atoms with Crippen molar-refractivity contribution in [3.05, 3.63) is 65.6 Å². The minimum absolute atomic E-state index is 0.220. The Morgan fingerprint density at radius 3 is 2.53 bits per heavy atom. The van der Waals surface area contributed by atoms with Crippen LogP contribution >= 0.6 is 0 Å². The number of carbonyl (C=O) groups excluding carboxylic acids is 1. The van der Waals surface area contributed by atoms with E-state index in [0.29, 0.717) is 45.1 Å². The number of carbonyl (C=O) groups is 1. The number of hydrogen-bond acceptors (Lipinski definition) is 6. The van der Waals surface area contributed by atoms with Crippen molar-refractivity contribution in [1.82, 2.24) is 10.1 Å². The second-order valence-electron chi connectivity index (χ2n) is 6.53. The van der Waals surface area contributed by atoms with Crippen molar-refractivity contribution in [3.8, 4) is 22.8 Å². The number of aryl methyl sites for hydroxylation is 1. The summed E-state index contributed by atoms with van der Waals surface area (Å²) >= 11 is 0. The van der Waals surface area contributed by atoms with Crippen LogP contribution in [0.15, 0.2) is 53.1 Å². The maximum atomic E-state index is 13.3. The lowest BCUT2D eigenvalue weighted by molar-refractivity contribution is 0.102. The summed E-state index contributed by atoms with van der Waals surface area (Å²) in [6, 6.07) is 12.5. The Morgan fingerprint density at radius 1 is 1.07 bits per heavy atom. The smallest absolute Gasteiger partial charge is 0.259 e. The zero-order valence-corrected chi connectivity index (χ0v) is 16.5. The molecule has 2 heterocycles. The summed E-state index contributed by atoms with van der Waals surface area (Å²) in [6.45, 7) is 1.73. The van der Waals surface area contributed by atoms with Gasteiger partial charge in [0.25, 0.3) is 11.6 Å². The molecule has 0 fully saturated rings. The van der Waals surface area contributed by atoms with Gasteiger partial charge in [-0.05, 0) is 49.4 Å². The number of anilines is 1. The molecule has 0 atom stereocenters. The number of fused-ring (bicyclic) bond motifs is 1. The summed E-state index contributed by atoms with van der Waals surface area (Å²) < 4.78 is 29.2. The highest BCUT2D eigenvalue weighted by molar-refractivity contribution is 6.13. The minimum atomic E-state index is -0.399. The molecule has 4 rings (SSSR count). The molecule has 4 aromatic rings. The van der Waals surface area contributed by atoms with Crippen molar-refractivity contribution in [1.29, 1.82) is 0 Å². The molecule has 0 aliphatic rings. The molecule has 1 amide bonds. The third kappa shape index (κ3) is 3.55. The number of hydrogen-bond donors (Lipinski definition) is 1. The molecule has 8 heteroatoms. The molecule has 0 radical (unpaired) electrons. The highest BCUT2D eigenvalue weighted by atomic mass is 19.1. The Balaban J connectivity index is 1.80. The molecule has 2 aromatic heterocycles. The molecule has 0 unspecified atom stereocenters. The third-order valence-electron chi connectivity index (χ3n) is 4.66. The number of amides is 1. The molecule has 1 N–H and O–H groups in total. The van der Waals surface area contributed by atoms with Gasteiger partial charge >= 0.3 is 0 Å². The number of pyridine rings is 1. The zero-order chi connectivity index (χ0) is 21.3. The van der Waals surface area contributed by atoms with Crippen molar-refractivity contribution < 1.29 is 23.2 Å². The van der Waals surface area contributed by atoms with Gasteiger partial charge < -0.3 is 19.3 Å². The van der Waals surface area contributed by atoms with Crippen molar-refractivity contribution in [2.45, 2.75) is 6.92 Å². The maximum absolute atomic E-state index is 13.3. The van der Waals surface area contributed by atoms with Crippen LogP contribution in [-0.2, 0) is 0 Å². The van der Waals surface area contributed by atoms with Crippen molar-refractivity contribution in [2.24, 2.45) is 0 Å². The first-order chi connectivity index (χ1) is 14.5. The lowest BCUT2D eigenvalue weighted by atomic mass is 10.0. The van der Waals surface area contributed by atoms with E-state index in [2.05, 4.69) is 15.5 Å². The minimum Gasteiger partial charge on any atom is -0.497 e. The number of methoxy groups -OCH3 is 2. The number of nitrogens with one attached hydrogen (secondary N) is 1. The topological polar surface area (TPSA) is 86.5 Å². The van der Waals surface area contributed by atoms with E-state index in [0.717, 1.165) is 0 Å².